The van der Waals surface area contributed by atoms with Crippen molar-refractivity contribution in [1.29, 1.82) is 0 Å². The van der Waals surface area contributed by atoms with Gasteiger partial charge in [-0.1, -0.05) is 18.2 Å². The number of alkyl halides is 3. The fraction of sp³-hybridized carbons (Fsp3) is 0.381. The molecule has 170 valence electrons. The van der Waals surface area contributed by atoms with Crippen molar-refractivity contribution < 1.29 is 22.8 Å². The molecule has 0 atom stereocenters. The molecule has 32 heavy (non-hydrogen) atoms. The average Bonchev–Trinajstić information content (AvgIpc) is 3.14. The summed E-state index contributed by atoms with van der Waals surface area (Å²) in [5, 5.41) is 8.42. The lowest BCUT2D eigenvalue weighted by atomic mass is 10.1. The molecule has 7 nitrogen and oxygen atoms in total. The first-order chi connectivity index (χ1) is 15.4. The second-order valence-corrected chi connectivity index (χ2v) is 7.88. The van der Waals surface area contributed by atoms with Gasteiger partial charge < -0.3 is 14.5 Å². The summed E-state index contributed by atoms with van der Waals surface area (Å²) in [5.41, 5.74) is 0.698. The number of nitrogens with one attached hydrogen (secondary N) is 1. The molecule has 0 radical (unpaired) electrons. The van der Waals surface area contributed by atoms with E-state index in [9.17, 15) is 13.2 Å². The van der Waals surface area contributed by atoms with Gasteiger partial charge >= 0.3 is 6.18 Å². The summed E-state index contributed by atoms with van der Waals surface area (Å²) in [5.74, 6) is 0.681. The van der Waals surface area contributed by atoms with Gasteiger partial charge in [0.1, 0.15) is 11.4 Å². The Morgan fingerprint density at radius 1 is 1.06 bits per heavy atom. The SMILES string of the molecule is CCOc1ccccc1-n1nnn(C[NH+]2CCN(c3cccc(C(F)(F)F)c3)CC2)c1=S. The number of hydrogen-bond donors (Lipinski definition) is 1. The minimum absolute atomic E-state index is 0.463. The topological polar surface area (TPSA) is 52.5 Å². The predicted molar refractivity (Wildman–Crippen MR) is 116 cm³/mol. The maximum Gasteiger partial charge on any atom is 0.416 e. The maximum absolute atomic E-state index is 13.0. The van der Waals surface area contributed by atoms with E-state index in [4.69, 9.17) is 17.0 Å². The highest BCUT2D eigenvalue weighted by molar-refractivity contribution is 7.71. The van der Waals surface area contributed by atoms with E-state index in [0.717, 1.165) is 24.8 Å². The molecule has 0 spiro atoms. The summed E-state index contributed by atoms with van der Waals surface area (Å²) in [4.78, 5) is 3.21. The fourth-order valence-corrected chi connectivity index (χ4v) is 4.00. The largest absolute Gasteiger partial charge is 0.492 e. The summed E-state index contributed by atoms with van der Waals surface area (Å²) in [6, 6.07) is 13.0. The number of tetrazole rings is 1. The van der Waals surface area contributed by atoms with Crippen molar-refractivity contribution in [1.82, 2.24) is 19.8 Å². The first-order valence-corrected chi connectivity index (χ1v) is 10.8. The van der Waals surface area contributed by atoms with Crippen molar-refractivity contribution in [3.63, 3.8) is 0 Å². The number of para-hydroxylation sites is 2. The Bertz CT molecular complexity index is 1120. The third kappa shape index (κ3) is 4.78. The number of aromatic nitrogens is 4. The molecular formula is C21H24F3N6OS+. The normalized spacial score (nSPS) is 15.2. The van der Waals surface area contributed by atoms with Crippen LogP contribution in [0.1, 0.15) is 12.5 Å². The van der Waals surface area contributed by atoms with Crippen LogP contribution in [0.15, 0.2) is 48.5 Å². The maximum atomic E-state index is 13.0. The van der Waals surface area contributed by atoms with Crippen LogP contribution in [0.25, 0.3) is 5.69 Å². The molecule has 1 aliphatic heterocycles. The molecule has 2 heterocycles. The van der Waals surface area contributed by atoms with Gasteiger partial charge in [0.05, 0.1) is 38.3 Å². The van der Waals surface area contributed by atoms with Gasteiger partial charge in [-0.25, -0.2) is 0 Å². The van der Waals surface area contributed by atoms with Crippen molar-refractivity contribution in [2.75, 3.05) is 37.7 Å². The van der Waals surface area contributed by atoms with Gasteiger partial charge in [-0.2, -0.15) is 22.5 Å². The number of benzene rings is 2. The molecule has 0 aliphatic carbocycles. The number of ether oxygens (including phenoxy) is 1. The number of hydrogen-bond acceptors (Lipinski definition) is 5. The van der Waals surface area contributed by atoms with Crippen molar-refractivity contribution in [3.05, 3.63) is 58.9 Å². The molecule has 1 fully saturated rings. The van der Waals surface area contributed by atoms with E-state index >= 15 is 0 Å². The summed E-state index contributed by atoms with van der Waals surface area (Å²) < 4.78 is 48.4. The standard InChI is InChI=1S/C21H23F3N6OS/c1-2-31-19-9-4-3-8-18(19)30-20(32)29(25-26-30)15-27-10-12-28(13-11-27)17-7-5-6-16(14-17)21(22,23)24/h3-9,14H,2,10-13,15H2,1H3/p+1. The molecule has 2 aromatic carbocycles. The van der Waals surface area contributed by atoms with Crippen LogP contribution in [0.2, 0.25) is 0 Å². The number of anilines is 1. The summed E-state index contributed by atoms with van der Waals surface area (Å²) in [6.07, 6.45) is -4.34. The molecule has 0 saturated carbocycles. The van der Waals surface area contributed by atoms with Crippen LogP contribution in [-0.2, 0) is 12.8 Å². The van der Waals surface area contributed by atoms with Crippen LogP contribution >= 0.6 is 12.2 Å². The second-order valence-electron chi connectivity index (χ2n) is 7.52. The van der Waals surface area contributed by atoms with Crippen LogP contribution in [-0.4, -0.2) is 52.6 Å². The van der Waals surface area contributed by atoms with E-state index in [2.05, 4.69) is 10.4 Å². The van der Waals surface area contributed by atoms with E-state index in [1.54, 1.807) is 15.4 Å². The highest BCUT2D eigenvalue weighted by atomic mass is 32.1. The van der Waals surface area contributed by atoms with Crippen LogP contribution in [0.5, 0.6) is 5.75 Å². The summed E-state index contributed by atoms with van der Waals surface area (Å²) >= 11 is 5.58. The van der Waals surface area contributed by atoms with Gasteiger partial charge in [0.2, 0.25) is 4.77 Å². The van der Waals surface area contributed by atoms with Crippen molar-refractivity contribution in [3.8, 4) is 11.4 Å². The number of piperazine rings is 1. The Morgan fingerprint density at radius 2 is 1.81 bits per heavy atom. The number of halogens is 3. The quantitative estimate of drug-likeness (QED) is 0.568. The van der Waals surface area contributed by atoms with Crippen LogP contribution in [0.3, 0.4) is 0 Å². The summed E-state index contributed by atoms with van der Waals surface area (Å²) in [6.45, 7) is 5.76. The zero-order valence-corrected chi connectivity index (χ0v) is 18.4. The van der Waals surface area contributed by atoms with E-state index in [-0.39, 0.29) is 0 Å². The Balaban J connectivity index is 1.42. The van der Waals surface area contributed by atoms with Gasteiger partial charge in [-0.3, -0.25) is 0 Å². The molecule has 1 N–H and O–H groups in total. The molecule has 0 bridgehead atoms. The Labute approximate surface area is 188 Å². The van der Waals surface area contributed by atoms with E-state index in [1.807, 2.05) is 36.1 Å². The van der Waals surface area contributed by atoms with Crippen LogP contribution < -0.4 is 14.5 Å². The number of rotatable bonds is 6. The Kier molecular flexibility index (Phi) is 6.47. The molecule has 11 heteroatoms. The highest BCUT2D eigenvalue weighted by Gasteiger charge is 2.31. The molecule has 3 aromatic rings. The van der Waals surface area contributed by atoms with Crippen LogP contribution in [0.4, 0.5) is 18.9 Å². The lowest BCUT2D eigenvalue weighted by Gasteiger charge is -2.33. The fourth-order valence-electron chi connectivity index (χ4n) is 3.76. The van der Waals surface area contributed by atoms with Crippen molar-refractivity contribution in [2.45, 2.75) is 19.8 Å². The zero-order chi connectivity index (χ0) is 22.7. The Hall–Kier alpha value is -2.92. The van der Waals surface area contributed by atoms with Gasteiger partial charge in [0, 0.05) is 5.69 Å². The average molecular weight is 466 g/mol. The monoisotopic (exact) mass is 465 g/mol. The van der Waals surface area contributed by atoms with Crippen molar-refractivity contribution in [2.24, 2.45) is 0 Å². The smallest absolute Gasteiger partial charge is 0.416 e. The minimum atomic E-state index is -4.34. The van der Waals surface area contributed by atoms with E-state index < -0.39 is 11.7 Å². The van der Waals surface area contributed by atoms with Crippen molar-refractivity contribution >= 4 is 17.9 Å². The predicted octanol–water partition coefficient (Wildman–Crippen LogP) is 2.58. The molecule has 1 aromatic heterocycles. The second kappa shape index (κ2) is 9.29. The van der Waals surface area contributed by atoms with E-state index in [0.29, 0.717) is 42.6 Å². The third-order valence-corrected chi connectivity index (χ3v) is 5.80. The van der Waals surface area contributed by atoms with Gasteiger partial charge in [0.15, 0.2) is 6.67 Å². The first kappa shape index (κ1) is 22.3. The molecule has 1 saturated heterocycles. The first-order valence-electron chi connectivity index (χ1n) is 10.4. The van der Waals surface area contributed by atoms with Gasteiger partial charge in [-0.05, 0) is 59.9 Å². The molecular weight excluding hydrogens is 441 g/mol. The lowest BCUT2D eigenvalue weighted by Crippen LogP contribution is -3.14. The molecule has 4 rings (SSSR count). The minimum Gasteiger partial charge on any atom is -0.492 e. The zero-order valence-electron chi connectivity index (χ0n) is 17.5. The van der Waals surface area contributed by atoms with Gasteiger partial charge in [0.25, 0.3) is 0 Å². The third-order valence-electron chi connectivity index (χ3n) is 5.42. The lowest BCUT2D eigenvalue weighted by molar-refractivity contribution is -0.924. The molecule has 1 aliphatic rings. The molecule has 0 unspecified atom stereocenters. The van der Waals surface area contributed by atoms with E-state index in [1.165, 1.54) is 17.0 Å². The molecule has 0 amide bonds. The van der Waals surface area contributed by atoms with Crippen LogP contribution in [0, 0.1) is 4.77 Å². The van der Waals surface area contributed by atoms with Gasteiger partial charge in [-0.15, -0.1) is 0 Å². The number of nitrogens with zero attached hydrogens (tertiary/aromatic N) is 5. The summed E-state index contributed by atoms with van der Waals surface area (Å²) in [7, 11) is 0. The number of quaternary nitrogens is 1. The highest BCUT2D eigenvalue weighted by Crippen LogP contribution is 2.31. The Morgan fingerprint density at radius 3 is 2.53 bits per heavy atom.